The topological polar surface area (TPSA) is 102 Å². The summed E-state index contributed by atoms with van der Waals surface area (Å²) in [5.41, 5.74) is 2.27. The lowest BCUT2D eigenvalue weighted by Crippen LogP contribution is -2.54. The number of Topliss-reactive ketones (excluding diaryl/α,β-unsaturated/α-hetero) is 1. The van der Waals surface area contributed by atoms with E-state index in [9.17, 15) is 17.6 Å². The Morgan fingerprint density at radius 2 is 2.00 bits per heavy atom. The summed E-state index contributed by atoms with van der Waals surface area (Å²) in [6.07, 6.45) is 1.60. The Kier molecular flexibility index (Phi) is 4.97. The summed E-state index contributed by atoms with van der Waals surface area (Å²) in [6, 6.07) is 5.32. The molecule has 2 aliphatic rings. The highest BCUT2D eigenvalue weighted by molar-refractivity contribution is 7.94. The number of hydrogen-bond donors (Lipinski definition) is 1. The van der Waals surface area contributed by atoms with E-state index in [1.165, 1.54) is 25.3 Å². The van der Waals surface area contributed by atoms with E-state index < -0.39 is 31.4 Å². The number of nitrogens with two attached hydrogens (primary N) is 1. The fourth-order valence-corrected chi connectivity index (χ4v) is 6.46. The maximum Gasteiger partial charge on any atom is 0.230 e. The van der Waals surface area contributed by atoms with Crippen molar-refractivity contribution in [3.05, 3.63) is 63.7 Å². The second-order valence-corrected chi connectivity index (χ2v) is 11.0. The second kappa shape index (κ2) is 7.06. The number of aromatic nitrogens is 1. The van der Waals surface area contributed by atoms with Gasteiger partial charge in [0.1, 0.15) is 27.6 Å². The zero-order valence-corrected chi connectivity index (χ0v) is 18.4. The zero-order valence-electron chi connectivity index (χ0n) is 16.8. The SMILES string of the molecule is Cc1cc(Cl)cnc1C(=O)Cc1ccc(F)c([C@@]2(C)N=C(N)C3(CC3)S(=O)(=O)[C@@H]2F)c1. The Bertz CT molecular complexity index is 1240. The summed E-state index contributed by atoms with van der Waals surface area (Å²) in [4.78, 5) is 20.9. The van der Waals surface area contributed by atoms with Gasteiger partial charge in [0.15, 0.2) is 15.6 Å². The molecule has 31 heavy (non-hydrogen) atoms. The number of carbonyl (C=O) groups excluding carboxylic acids is 1. The number of ketones is 1. The van der Waals surface area contributed by atoms with Gasteiger partial charge in [0.25, 0.3) is 0 Å². The molecule has 2 atom stereocenters. The molecule has 2 N–H and O–H groups in total. The predicted octanol–water partition coefficient (Wildman–Crippen LogP) is 3.44. The Morgan fingerprint density at radius 1 is 1.32 bits per heavy atom. The quantitative estimate of drug-likeness (QED) is 0.694. The molecule has 4 rings (SSSR count). The average molecular weight is 468 g/mol. The van der Waals surface area contributed by atoms with Gasteiger partial charge >= 0.3 is 0 Å². The van der Waals surface area contributed by atoms with Gasteiger partial charge in [-0.1, -0.05) is 17.7 Å². The van der Waals surface area contributed by atoms with Crippen molar-refractivity contribution in [3.8, 4) is 0 Å². The number of rotatable bonds is 4. The Balaban J connectivity index is 1.73. The number of amidine groups is 1. The summed E-state index contributed by atoms with van der Waals surface area (Å²) in [6.45, 7) is 2.89. The summed E-state index contributed by atoms with van der Waals surface area (Å²) >= 11 is 5.87. The highest BCUT2D eigenvalue weighted by Crippen LogP contribution is 2.53. The third kappa shape index (κ3) is 3.25. The van der Waals surface area contributed by atoms with Crippen LogP contribution >= 0.6 is 11.6 Å². The molecule has 2 aromatic rings. The maximum atomic E-state index is 15.3. The lowest BCUT2D eigenvalue weighted by atomic mass is 9.90. The number of aliphatic imine (C=N–C) groups is 1. The lowest BCUT2D eigenvalue weighted by molar-refractivity contribution is 0.0987. The summed E-state index contributed by atoms with van der Waals surface area (Å²) in [5, 5.41) is 0.391. The van der Waals surface area contributed by atoms with Gasteiger partial charge in [-0.05, 0) is 56.0 Å². The first-order chi connectivity index (χ1) is 14.4. The minimum Gasteiger partial charge on any atom is -0.386 e. The van der Waals surface area contributed by atoms with Crippen molar-refractivity contribution in [1.82, 2.24) is 4.98 Å². The number of carbonyl (C=O) groups is 1. The molecule has 10 heteroatoms. The van der Waals surface area contributed by atoms with Crippen molar-refractivity contribution in [2.45, 2.75) is 48.9 Å². The largest absolute Gasteiger partial charge is 0.386 e. The van der Waals surface area contributed by atoms with Gasteiger partial charge in [-0.25, -0.2) is 17.2 Å². The molecule has 6 nitrogen and oxygen atoms in total. The first-order valence-corrected chi connectivity index (χ1v) is 11.5. The third-order valence-corrected chi connectivity index (χ3v) is 8.95. The third-order valence-electron chi connectivity index (χ3n) is 6.03. The summed E-state index contributed by atoms with van der Waals surface area (Å²) < 4.78 is 54.2. The van der Waals surface area contributed by atoms with Crippen molar-refractivity contribution in [1.29, 1.82) is 0 Å². The van der Waals surface area contributed by atoms with Crippen LogP contribution in [0.4, 0.5) is 8.78 Å². The monoisotopic (exact) mass is 467 g/mol. The number of pyridine rings is 1. The second-order valence-electron chi connectivity index (χ2n) is 8.23. The van der Waals surface area contributed by atoms with Gasteiger partial charge in [-0.15, -0.1) is 0 Å². The van der Waals surface area contributed by atoms with Gasteiger partial charge in [-0.3, -0.25) is 14.8 Å². The van der Waals surface area contributed by atoms with Crippen molar-refractivity contribution in [2.24, 2.45) is 10.7 Å². The van der Waals surface area contributed by atoms with Crippen LogP contribution in [-0.4, -0.2) is 35.3 Å². The molecule has 0 saturated heterocycles. The van der Waals surface area contributed by atoms with Crippen LogP contribution in [-0.2, 0) is 21.8 Å². The molecular formula is C21H20ClF2N3O3S. The molecule has 0 radical (unpaired) electrons. The van der Waals surface area contributed by atoms with Gasteiger partial charge in [-0.2, -0.15) is 0 Å². The molecule has 164 valence electrons. The number of benzene rings is 1. The Labute approximate surface area is 183 Å². The predicted molar refractivity (Wildman–Crippen MR) is 113 cm³/mol. The first kappa shape index (κ1) is 21.8. The number of alkyl halides is 1. The van der Waals surface area contributed by atoms with E-state index in [1.807, 2.05) is 0 Å². The molecule has 1 aromatic heterocycles. The smallest absolute Gasteiger partial charge is 0.230 e. The molecule has 0 unspecified atom stereocenters. The minimum absolute atomic E-state index is 0.147. The highest BCUT2D eigenvalue weighted by atomic mass is 35.5. The van der Waals surface area contributed by atoms with Crippen molar-refractivity contribution >= 4 is 33.1 Å². The first-order valence-electron chi connectivity index (χ1n) is 9.60. The van der Waals surface area contributed by atoms with Gasteiger partial charge in [0.05, 0.1) is 5.02 Å². The van der Waals surface area contributed by atoms with Crippen LogP contribution in [0.2, 0.25) is 5.02 Å². The Hall–Kier alpha value is -2.39. The lowest BCUT2D eigenvalue weighted by Gasteiger charge is -2.37. The van der Waals surface area contributed by atoms with Crippen LogP contribution in [0.25, 0.3) is 0 Å². The maximum absolute atomic E-state index is 15.3. The van der Waals surface area contributed by atoms with Crippen LogP contribution in [0.5, 0.6) is 0 Å². The zero-order chi connectivity index (χ0) is 22.8. The number of hydrogen-bond acceptors (Lipinski definition) is 6. The van der Waals surface area contributed by atoms with Crippen molar-refractivity contribution < 1.29 is 22.0 Å². The summed E-state index contributed by atoms with van der Waals surface area (Å²) in [7, 11) is -4.32. The number of aryl methyl sites for hydroxylation is 1. The number of halogens is 3. The fraction of sp³-hybridized carbons (Fsp3) is 0.381. The van der Waals surface area contributed by atoms with E-state index in [0.717, 1.165) is 6.07 Å². The Morgan fingerprint density at radius 3 is 2.61 bits per heavy atom. The molecule has 1 aromatic carbocycles. The van der Waals surface area contributed by atoms with Crippen molar-refractivity contribution in [2.75, 3.05) is 0 Å². The van der Waals surface area contributed by atoms with Crippen LogP contribution in [0.15, 0.2) is 35.5 Å². The molecule has 2 heterocycles. The van der Waals surface area contributed by atoms with E-state index >= 15 is 4.39 Å². The van der Waals surface area contributed by atoms with Crippen LogP contribution in [0, 0.1) is 12.7 Å². The van der Waals surface area contributed by atoms with Crippen molar-refractivity contribution in [3.63, 3.8) is 0 Å². The van der Waals surface area contributed by atoms with Gasteiger partial charge in [0, 0.05) is 18.2 Å². The molecular weight excluding hydrogens is 448 g/mol. The highest BCUT2D eigenvalue weighted by Gasteiger charge is 2.67. The van der Waals surface area contributed by atoms with E-state index in [0.29, 0.717) is 16.1 Å². The molecule has 1 fully saturated rings. The van der Waals surface area contributed by atoms with E-state index in [4.69, 9.17) is 17.3 Å². The molecule has 1 aliphatic carbocycles. The van der Waals surface area contributed by atoms with E-state index in [-0.39, 0.29) is 42.1 Å². The van der Waals surface area contributed by atoms with Gasteiger partial charge < -0.3 is 5.73 Å². The molecule has 1 spiro atoms. The standard InChI is InChI=1S/C21H20ClF2N3O3S/c1-11-7-13(22)10-26-17(11)16(28)9-12-3-4-15(23)14(8-12)20(2)18(24)31(29,30)21(5-6-21)19(25)27-20/h3-4,7-8,10,18H,5-6,9H2,1-2H3,(H2,25,27)/t18-,20+/m0/s1. The summed E-state index contributed by atoms with van der Waals surface area (Å²) in [5.74, 6) is -1.38. The minimum atomic E-state index is -4.32. The van der Waals surface area contributed by atoms with Crippen LogP contribution in [0.3, 0.4) is 0 Å². The average Bonchev–Trinajstić information content (AvgIpc) is 3.50. The molecule has 1 saturated carbocycles. The van der Waals surface area contributed by atoms with Crippen LogP contribution < -0.4 is 5.73 Å². The van der Waals surface area contributed by atoms with Gasteiger partial charge in [0.2, 0.25) is 5.50 Å². The number of sulfone groups is 1. The molecule has 1 aliphatic heterocycles. The van der Waals surface area contributed by atoms with Crippen LogP contribution in [0.1, 0.15) is 46.9 Å². The van der Waals surface area contributed by atoms with E-state index in [2.05, 4.69) is 9.98 Å². The molecule has 0 bridgehead atoms. The fourth-order valence-electron chi connectivity index (χ4n) is 4.06. The van der Waals surface area contributed by atoms with E-state index in [1.54, 1.807) is 13.0 Å². The molecule has 0 amide bonds. The number of nitrogens with zero attached hydrogens (tertiary/aromatic N) is 2. The normalized spacial score (nSPS) is 25.8.